The predicted octanol–water partition coefficient (Wildman–Crippen LogP) is 3.50. The van der Waals surface area contributed by atoms with Crippen molar-refractivity contribution in [1.82, 2.24) is 9.78 Å². The number of aryl methyl sites for hydroxylation is 3. The maximum Gasteiger partial charge on any atom is 0.265 e. The summed E-state index contributed by atoms with van der Waals surface area (Å²) >= 11 is 0. The van der Waals surface area contributed by atoms with Gasteiger partial charge in [0.2, 0.25) is 0 Å². The fourth-order valence-corrected chi connectivity index (χ4v) is 3.92. The van der Waals surface area contributed by atoms with E-state index < -0.39 is 10.0 Å². The summed E-state index contributed by atoms with van der Waals surface area (Å²) in [7, 11) is -2.03. The largest absolute Gasteiger partial charge is 0.279 e. The molecule has 0 bridgehead atoms. The number of sulfonamides is 1. The molecule has 0 saturated carbocycles. The molecule has 2 aromatic carbocycles. The highest BCUT2D eigenvalue weighted by Crippen LogP contribution is 2.28. The van der Waals surface area contributed by atoms with Crippen LogP contribution in [0.25, 0.3) is 11.3 Å². The molecule has 0 radical (unpaired) electrons. The van der Waals surface area contributed by atoms with Crippen LogP contribution in [0.15, 0.2) is 59.6 Å². The highest BCUT2D eigenvalue weighted by Gasteiger charge is 2.23. The Balaban J connectivity index is 2.05. The minimum atomic E-state index is -3.74. The zero-order valence-electron chi connectivity index (χ0n) is 13.8. The average Bonchev–Trinajstić information content (AvgIpc) is 2.94. The summed E-state index contributed by atoms with van der Waals surface area (Å²) in [6, 6.07) is 14.9. The third kappa shape index (κ3) is 3.19. The molecule has 0 aliphatic heterocycles. The van der Waals surface area contributed by atoms with Crippen molar-refractivity contribution in [3.8, 4) is 11.3 Å². The van der Waals surface area contributed by atoms with E-state index in [1.165, 1.54) is 10.9 Å². The monoisotopic (exact) mass is 341 g/mol. The molecule has 0 saturated heterocycles. The van der Waals surface area contributed by atoms with Crippen molar-refractivity contribution >= 4 is 15.7 Å². The molecule has 0 amide bonds. The van der Waals surface area contributed by atoms with Gasteiger partial charge in [-0.2, -0.15) is 5.10 Å². The van der Waals surface area contributed by atoms with E-state index in [0.717, 1.165) is 16.7 Å². The maximum absolute atomic E-state index is 12.9. The third-order valence-corrected chi connectivity index (χ3v) is 5.12. The number of benzene rings is 2. The lowest BCUT2D eigenvalue weighted by Gasteiger charge is -2.11. The first-order valence-corrected chi connectivity index (χ1v) is 9.04. The highest BCUT2D eigenvalue weighted by atomic mass is 32.2. The molecule has 0 unspecified atom stereocenters. The Bertz CT molecular complexity index is 977. The normalized spacial score (nSPS) is 11.5. The Kier molecular flexibility index (Phi) is 4.15. The Morgan fingerprint density at radius 3 is 2.42 bits per heavy atom. The minimum Gasteiger partial charge on any atom is -0.279 e. The standard InChI is InChI=1S/C18H19N3O2S/c1-13-9-10-16(14(2)11-13)20-24(22,23)17-12-21(3)19-18(17)15-7-5-4-6-8-15/h4-12,20H,1-3H3. The highest BCUT2D eigenvalue weighted by molar-refractivity contribution is 7.92. The van der Waals surface area contributed by atoms with Crippen LogP contribution in [0.3, 0.4) is 0 Å². The molecule has 3 aromatic rings. The fourth-order valence-electron chi connectivity index (χ4n) is 2.59. The van der Waals surface area contributed by atoms with E-state index in [-0.39, 0.29) is 4.90 Å². The second kappa shape index (κ2) is 6.13. The first-order chi connectivity index (χ1) is 11.4. The van der Waals surface area contributed by atoms with Gasteiger partial charge in [0.25, 0.3) is 10.0 Å². The quantitative estimate of drug-likeness (QED) is 0.790. The molecule has 3 rings (SSSR count). The maximum atomic E-state index is 12.9. The van der Waals surface area contributed by atoms with E-state index in [4.69, 9.17) is 0 Å². The van der Waals surface area contributed by atoms with E-state index >= 15 is 0 Å². The van der Waals surface area contributed by atoms with Crippen molar-refractivity contribution in [3.05, 3.63) is 65.9 Å². The topological polar surface area (TPSA) is 64.0 Å². The first-order valence-electron chi connectivity index (χ1n) is 7.56. The molecule has 1 heterocycles. The van der Waals surface area contributed by atoms with Gasteiger partial charge in [0.1, 0.15) is 10.6 Å². The van der Waals surface area contributed by atoms with Crippen molar-refractivity contribution in [2.24, 2.45) is 7.05 Å². The van der Waals surface area contributed by atoms with Crippen LogP contribution >= 0.6 is 0 Å². The number of nitrogens with zero attached hydrogens (tertiary/aromatic N) is 2. The van der Waals surface area contributed by atoms with E-state index in [0.29, 0.717) is 11.4 Å². The summed E-state index contributed by atoms with van der Waals surface area (Å²) < 4.78 is 29.9. The van der Waals surface area contributed by atoms with Gasteiger partial charge in [-0.15, -0.1) is 0 Å². The Hall–Kier alpha value is -2.60. The lowest BCUT2D eigenvalue weighted by atomic mass is 10.1. The Morgan fingerprint density at radius 2 is 1.75 bits per heavy atom. The number of hydrogen-bond donors (Lipinski definition) is 1. The molecule has 0 fully saturated rings. The van der Waals surface area contributed by atoms with Gasteiger partial charge < -0.3 is 0 Å². The molecule has 5 nitrogen and oxygen atoms in total. The number of aromatic nitrogens is 2. The number of nitrogens with one attached hydrogen (secondary N) is 1. The Morgan fingerprint density at radius 1 is 1.04 bits per heavy atom. The summed E-state index contributed by atoms with van der Waals surface area (Å²) in [5.41, 5.74) is 3.74. The van der Waals surface area contributed by atoms with Gasteiger partial charge in [0.05, 0.1) is 5.69 Å². The van der Waals surface area contributed by atoms with E-state index in [2.05, 4.69) is 9.82 Å². The smallest absolute Gasteiger partial charge is 0.265 e. The van der Waals surface area contributed by atoms with E-state index in [1.54, 1.807) is 13.1 Å². The molecule has 6 heteroatoms. The molecule has 0 spiro atoms. The number of hydrogen-bond acceptors (Lipinski definition) is 3. The zero-order valence-corrected chi connectivity index (χ0v) is 14.6. The molecular formula is C18H19N3O2S. The van der Waals surface area contributed by atoms with Gasteiger partial charge in [-0.3, -0.25) is 9.40 Å². The van der Waals surface area contributed by atoms with Crippen LogP contribution < -0.4 is 4.72 Å². The van der Waals surface area contributed by atoms with Crippen molar-refractivity contribution < 1.29 is 8.42 Å². The molecule has 0 aliphatic carbocycles. The number of rotatable bonds is 4. The van der Waals surface area contributed by atoms with Crippen LogP contribution in [-0.2, 0) is 17.1 Å². The number of anilines is 1. The van der Waals surface area contributed by atoms with Crippen LogP contribution in [-0.4, -0.2) is 18.2 Å². The van der Waals surface area contributed by atoms with Gasteiger partial charge >= 0.3 is 0 Å². The Labute approximate surface area is 142 Å². The lowest BCUT2D eigenvalue weighted by Crippen LogP contribution is -2.14. The van der Waals surface area contributed by atoms with Crippen molar-refractivity contribution in [2.45, 2.75) is 18.7 Å². The molecule has 124 valence electrons. The lowest BCUT2D eigenvalue weighted by molar-refractivity contribution is 0.601. The summed E-state index contributed by atoms with van der Waals surface area (Å²) in [5.74, 6) is 0. The molecule has 0 aliphatic rings. The molecular weight excluding hydrogens is 322 g/mol. The fraction of sp³-hybridized carbons (Fsp3) is 0.167. The van der Waals surface area contributed by atoms with Crippen LogP contribution in [0, 0.1) is 13.8 Å². The third-order valence-electron chi connectivity index (χ3n) is 3.76. The van der Waals surface area contributed by atoms with Crippen molar-refractivity contribution in [2.75, 3.05) is 4.72 Å². The van der Waals surface area contributed by atoms with Crippen LogP contribution in [0.2, 0.25) is 0 Å². The SMILES string of the molecule is Cc1ccc(NS(=O)(=O)c2cn(C)nc2-c2ccccc2)c(C)c1. The minimum absolute atomic E-state index is 0.163. The second-order valence-electron chi connectivity index (χ2n) is 5.81. The van der Waals surface area contributed by atoms with Crippen molar-refractivity contribution in [3.63, 3.8) is 0 Å². The molecule has 1 aromatic heterocycles. The molecule has 1 N–H and O–H groups in total. The summed E-state index contributed by atoms with van der Waals surface area (Å²) in [4.78, 5) is 0.163. The van der Waals surface area contributed by atoms with E-state index in [1.807, 2.05) is 56.3 Å². The van der Waals surface area contributed by atoms with Gasteiger partial charge in [0, 0.05) is 18.8 Å². The molecule has 24 heavy (non-hydrogen) atoms. The zero-order chi connectivity index (χ0) is 17.3. The van der Waals surface area contributed by atoms with Crippen LogP contribution in [0.5, 0.6) is 0 Å². The second-order valence-corrected chi connectivity index (χ2v) is 7.46. The summed E-state index contributed by atoms with van der Waals surface area (Å²) in [6.45, 7) is 3.85. The predicted molar refractivity (Wildman–Crippen MR) is 95.4 cm³/mol. The van der Waals surface area contributed by atoms with Gasteiger partial charge in [0.15, 0.2) is 0 Å². The van der Waals surface area contributed by atoms with Gasteiger partial charge in [-0.05, 0) is 25.5 Å². The van der Waals surface area contributed by atoms with E-state index in [9.17, 15) is 8.42 Å². The van der Waals surface area contributed by atoms with Gasteiger partial charge in [-0.25, -0.2) is 8.42 Å². The summed E-state index contributed by atoms with van der Waals surface area (Å²) in [5, 5.41) is 4.32. The summed E-state index contributed by atoms with van der Waals surface area (Å²) in [6.07, 6.45) is 1.52. The molecule has 0 atom stereocenters. The van der Waals surface area contributed by atoms with Crippen LogP contribution in [0.1, 0.15) is 11.1 Å². The average molecular weight is 341 g/mol. The van der Waals surface area contributed by atoms with Crippen LogP contribution in [0.4, 0.5) is 5.69 Å². The van der Waals surface area contributed by atoms with Gasteiger partial charge in [-0.1, -0.05) is 48.0 Å². The first kappa shape index (κ1) is 16.3. The van der Waals surface area contributed by atoms with Crippen molar-refractivity contribution in [1.29, 1.82) is 0 Å².